The Balaban J connectivity index is 1.87. The molecule has 1 aromatic heterocycles. The molecule has 0 bridgehead atoms. The summed E-state index contributed by atoms with van der Waals surface area (Å²) in [7, 11) is 0. The first-order valence-corrected chi connectivity index (χ1v) is 11.1. The van der Waals surface area contributed by atoms with Crippen molar-refractivity contribution in [2.45, 2.75) is 0 Å². The van der Waals surface area contributed by atoms with Crippen LogP contribution in [-0.4, -0.2) is 11.3 Å². The Labute approximate surface area is 201 Å². The van der Waals surface area contributed by atoms with E-state index < -0.39 is 0 Å². The molecule has 4 aromatic rings. The second kappa shape index (κ2) is 9.02. The number of phenols is 1. The average Bonchev–Trinajstić information content (AvgIpc) is 3.15. The number of aromatic hydroxyl groups is 1. The van der Waals surface area contributed by atoms with E-state index in [4.69, 9.17) is 4.42 Å². The number of benzene rings is 3. The van der Waals surface area contributed by atoms with Gasteiger partial charge in [0.1, 0.15) is 23.1 Å². The third kappa shape index (κ3) is 4.13. The minimum Gasteiger partial charge on any atom is -0.507 e. The molecule has 0 aliphatic carbocycles. The van der Waals surface area contributed by atoms with E-state index in [0.29, 0.717) is 11.3 Å². The molecule has 3 aromatic carbocycles. The average molecular weight is 616 g/mol. The van der Waals surface area contributed by atoms with Gasteiger partial charge in [0.05, 0.1) is 3.57 Å². The fourth-order valence-corrected chi connectivity index (χ4v) is 4.04. The highest BCUT2D eigenvalue weighted by Gasteiger charge is 2.22. The zero-order valence-corrected chi connectivity index (χ0v) is 19.8. The molecule has 0 aliphatic heterocycles. The van der Waals surface area contributed by atoms with Gasteiger partial charge in [-0.2, -0.15) is 5.26 Å². The van der Waals surface area contributed by atoms with Crippen molar-refractivity contribution in [3.63, 3.8) is 0 Å². The molecule has 6 heteroatoms. The highest BCUT2D eigenvalue weighted by Crippen LogP contribution is 2.42. The summed E-state index contributed by atoms with van der Waals surface area (Å²) in [5.74, 6) is 1.03. The van der Waals surface area contributed by atoms with E-state index in [1.807, 2.05) is 66.7 Å². The Hall–Kier alpha value is -2.64. The molecule has 0 saturated carbocycles. The number of rotatable bonds is 4. The lowest BCUT2D eigenvalue weighted by Crippen LogP contribution is -1.87. The maximum atomic E-state index is 10.1. The zero-order chi connectivity index (χ0) is 21.1. The van der Waals surface area contributed by atoms with Crippen LogP contribution in [0.4, 0.5) is 5.88 Å². The van der Waals surface area contributed by atoms with Gasteiger partial charge in [-0.05, 0) is 68.4 Å². The van der Waals surface area contributed by atoms with Gasteiger partial charge in [-0.1, -0.05) is 60.7 Å². The first-order chi connectivity index (χ1) is 14.6. The number of aliphatic imine (C=N–C) groups is 1. The molecule has 0 spiro atoms. The molecule has 146 valence electrons. The van der Waals surface area contributed by atoms with Crippen molar-refractivity contribution in [2.24, 2.45) is 4.99 Å². The number of furan rings is 1. The molecule has 0 fully saturated rings. The van der Waals surface area contributed by atoms with Crippen molar-refractivity contribution in [1.82, 2.24) is 0 Å². The van der Waals surface area contributed by atoms with Crippen LogP contribution in [0.15, 0.2) is 82.2 Å². The molecule has 4 rings (SSSR count). The molecular weight excluding hydrogens is 602 g/mol. The van der Waals surface area contributed by atoms with Crippen LogP contribution in [0, 0.1) is 18.5 Å². The van der Waals surface area contributed by atoms with Gasteiger partial charge in [-0.25, -0.2) is 4.99 Å². The van der Waals surface area contributed by atoms with Crippen LogP contribution in [0.2, 0.25) is 0 Å². The zero-order valence-electron chi connectivity index (χ0n) is 15.5. The van der Waals surface area contributed by atoms with Crippen LogP contribution in [0.25, 0.3) is 22.5 Å². The topological polar surface area (TPSA) is 69.5 Å². The van der Waals surface area contributed by atoms with Crippen LogP contribution in [0.5, 0.6) is 5.75 Å². The van der Waals surface area contributed by atoms with E-state index in [1.54, 1.807) is 12.3 Å². The summed E-state index contributed by atoms with van der Waals surface area (Å²) in [6, 6.07) is 25.2. The van der Waals surface area contributed by atoms with Crippen molar-refractivity contribution in [2.75, 3.05) is 0 Å². The molecule has 0 aliphatic rings. The van der Waals surface area contributed by atoms with Gasteiger partial charge in [0.2, 0.25) is 5.88 Å². The number of halogens is 2. The lowest BCUT2D eigenvalue weighted by Gasteiger charge is -2.03. The van der Waals surface area contributed by atoms with Gasteiger partial charge in [0, 0.05) is 20.9 Å². The predicted molar refractivity (Wildman–Crippen MR) is 135 cm³/mol. The fraction of sp³-hybridized carbons (Fsp3) is 0. The maximum absolute atomic E-state index is 10.1. The van der Waals surface area contributed by atoms with Crippen LogP contribution < -0.4 is 0 Å². The number of phenolic OH excluding ortho intramolecular Hbond substituents is 1. The van der Waals surface area contributed by atoms with Crippen molar-refractivity contribution >= 4 is 57.3 Å². The van der Waals surface area contributed by atoms with Gasteiger partial charge in [0.25, 0.3) is 0 Å². The lowest BCUT2D eigenvalue weighted by atomic mass is 9.98. The van der Waals surface area contributed by atoms with Crippen LogP contribution in [0.1, 0.15) is 11.1 Å². The van der Waals surface area contributed by atoms with Crippen molar-refractivity contribution in [3.8, 4) is 34.3 Å². The van der Waals surface area contributed by atoms with Gasteiger partial charge in [0.15, 0.2) is 0 Å². The van der Waals surface area contributed by atoms with Gasteiger partial charge in [-0.3, -0.25) is 0 Å². The SMILES string of the molecule is N#Cc1c(/N=C/c2cc(O)c(I)c(I)c2)oc(-c2ccccc2)c1-c1ccccc1. The Kier molecular flexibility index (Phi) is 6.20. The van der Waals surface area contributed by atoms with E-state index in [1.165, 1.54) is 0 Å². The molecule has 1 N–H and O–H groups in total. The summed E-state index contributed by atoms with van der Waals surface area (Å²) < 4.78 is 7.81. The standard InChI is InChI=1S/C24H14I2N2O2/c25-19-11-15(12-20(29)22(19)26)14-28-24-18(13-27)21(16-7-3-1-4-8-16)23(30-24)17-9-5-2-6-10-17/h1-12,14,29H/b28-14+. The third-order valence-corrected chi connectivity index (χ3v) is 7.48. The minimum atomic E-state index is 0.193. The highest BCUT2D eigenvalue weighted by molar-refractivity contribution is 14.1. The molecule has 30 heavy (non-hydrogen) atoms. The number of hydrogen-bond acceptors (Lipinski definition) is 4. The Morgan fingerprint density at radius 2 is 1.57 bits per heavy atom. The number of hydrogen-bond donors (Lipinski definition) is 1. The second-order valence-electron chi connectivity index (χ2n) is 6.42. The van der Waals surface area contributed by atoms with Crippen LogP contribution in [0.3, 0.4) is 0 Å². The summed E-state index contributed by atoms with van der Waals surface area (Å²) in [6.45, 7) is 0. The van der Waals surface area contributed by atoms with E-state index in [0.717, 1.165) is 29.4 Å². The summed E-state index contributed by atoms with van der Waals surface area (Å²) >= 11 is 4.26. The minimum absolute atomic E-state index is 0.193. The number of nitrogens with zero attached hydrogens (tertiary/aromatic N) is 2. The predicted octanol–water partition coefficient (Wildman–Crippen LogP) is 7.15. The first-order valence-electron chi connectivity index (χ1n) is 8.98. The fourth-order valence-electron chi connectivity index (χ4n) is 3.09. The lowest BCUT2D eigenvalue weighted by molar-refractivity contribution is 0.471. The molecule has 1 heterocycles. The maximum Gasteiger partial charge on any atom is 0.238 e. The molecule has 0 radical (unpaired) electrons. The van der Waals surface area contributed by atoms with Crippen molar-refractivity contribution < 1.29 is 9.52 Å². The van der Waals surface area contributed by atoms with Crippen molar-refractivity contribution in [1.29, 1.82) is 5.26 Å². The van der Waals surface area contributed by atoms with Crippen LogP contribution >= 0.6 is 45.2 Å². The normalized spacial score (nSPS) is 11.0. The Morgan fingerprint density at radius 3 is 2.17 bits per heavy atom. The van der Waals surface area contributed by atoms with E-state index in [-0.39, 0.29) is 11.6 Å². The summed E-state index contributed by atoms with van der Waals surface area (Å²) in [4.78, 5) is 4.46. The van der Waals surface area contributed by atoms with E-state index in [2.05, 4.69) is 56.2 Å². The Morgan fingerprint density at radius 1 is 0.933 bits per heavy atom. The van der Waals surface area contributed by atoms with Gasteiger partial charge >= 0.3 is 0 Å². The summed E-state index contributed by atoms with van der Waals surface area (Å²) in [6.07, 6.45) is 1.60. The van der Waals surface area contributed by atoms with Gasteiger partial charge in [-0.15, -0.1) is 0 Å². The molecule has 0 amide bonds. The molecule has 0 saturated heterocycles. The molecule has 4 nitrogen and oxygen atoms in total. The first kappa shape index (κ1) is 20.6. The third-order valence-electron chi connectivity index (χ3n) is 4.46. The Bertz CT molecular complexity index is 1250. The molecule has 0 unspecified atom stereocenters. The molecular formula is C24H14I2N2O2. The highest BCUT2D eigenvalue weighted by atomic mass is 127. The van der Waals surface area contributed by atoms with E-state index in [9.17, 15) is 10.4 Å². The summed E-state index contributed by atoms with van der Waals surface area (Å²) in [5.41, 5.74) is 3.58. The molecule has 0 atom stereocenters. The number of nitriles is 1. The largest absolute Gasteiger partial charge is 0.507 e. The second-order valence-corrected chi connectivity index (χ2v) is 8.67. The quantitative estimate of drug-likeness (QED) is 0.196. The van der Waals surface area contributed by atoms with Crippen LogP contribution in [-0.2, 0) is 0 Å². The van der Waals surface area contributed by atoms with Crippen molar-refractivity contribution in [3.05, 3.63) is 91.1 Å². The monoisotopic (exact) mass is 616 g/mol. The van der Waals surface area contributed by atoms with Gasteiger partial charge < -0.3 is 9.52 Å². The van der Waals surface area contributed by atoms with E-state index >= 15 is 0 Å². The summed E-state index contributed by atoms with van der Waals surface area (Å²) in [5, 5.41) is 20.0. The smallest absolute Gasteiger partial charge is 0.238 e.